The van der Waals surface area contributed by atoms with Crippen LogP contribution in [0.25, 0.3) is 11.0 Å². The zero-order valence-corrected chi connectivity index (χ0v) is 17.1. The summed E-state index contributed by atoms with van der Waals surface area (Å²) in [4.78, 5) is 29.8. The van der Waals surface area contributed by atoms with E-state index in [-0.39, 0.29) is 23.1 Å². The lowest BCUT2D eigenvalue weighted by Crippen LogP contribution is -2.33. The van der Waals surface area contributed by atoms with E-state index in [0.717, 1.165) is 12.3 Å². The molecule has 0 aliphatic carbocycles. The Morgan fingerprint density at radius 3 is 2.60 bits per heavy atom. The van der Waals surface area contributed by atoms with E-state index >= 15 is 0 Å². The van der Waals surface area contributed by atoms with E-state index in [9.17, 15) is 9.59 Å². The van der Waals surface area contributed by atoms with Crippen LogP contribution in [0.5, 0.6) is 5.75 Å². The number of benzene rings is 2. The number of carbonyl (C=O) groups is 1. The first kappa shape index (κ1) is 18.9. The van der Waals surface area contributed by atoms with Crippen LogP contribution in [0.2, 0.25) is 0 Å². The Hall–Kier alpha value is -3.12. The number of ether oxygens (including phenoxy) is 1. The molecule has 1 aromatic heterocycles. The van der Waals surface area contributed by atoms with Crippen molar-refractivity contribution in [1.29, 1.82) is 0 Å². The predicted octanol–water partition coefficient (Wildman–Crippen LogP) is 3.18. The van der Waals surface area contributed by atoms with E-state index in [1.54, 1.807) is 31.4 Å². The molecule has 0 unspecified atom stereocenters. The lowest BCUT2D eigenvalue weighted by atomic mass is 9.89. The molecule has 30 heavy (non-hydrogen) atoms. The van der Waals surface area contributed by atoms with Gasteiger partial charge in [-0.2, -0.15) is 0 Å². The van der Waals surface area contributed by atoms with Gasteiger partial charge >= 0.3 is 0 Å². The standard InChI is InChI=1S/C24H24N2O4/c1-25-12-16-13-26(14-19(16)23(25)15-7-9-17(29-2)10-8-15)24(28)22-11-20(27)18-5-3-4-6-21(18)30-22/h3-11,16,19,23H,12-14H2,1-2H3/t16-,19+,23-/m0/s1. The number of likely N-dealkylation sites (tertiary alicyclic amines) is 2. The first-order chi connectivity index (χ1) is 14.5. The van der Waals surface area contributed by atoms with Gasteiger partial charge in [0.1, 0.15) is 11.3 Å². The second kappa shape index (κ2) is 7.29. The van der Waals surface area contributed by atoms with E-state index in [4.69, 9.17) is 9.15 Å². The molecule has 2 saturated heterocycles. The van der Waals surface area contributed by atoms with Crippen molar-refractivity contribution in [1.82, 2.24) is 9.80 Å². The number of nitrogens with zero attached hydrogens (tertiary/aromatic N) is 2. The number of hydrogen-bond acceptors (Lipinski definition) is 5. The largest absolute Gasteiger partial charge is 0.497 e. The third kappa shape index (κ3) is 3.08. The van der Waals surface area contributed by atoms with Crippen LogP contribution >= 0.6 is 0 Å². The summed E-state index contributed by atoms with van der Waals surface area (Å²) in [6.45, 7) is 2.27. The third-order valence-corrected chi connectivity index (χ3v) is 6.48. The average molecular weight is 404 g/mol. The second-order valence-corrected chi connectivity index (χ2v) is 8.26. The molecule has 3 heterocycles. The summed E-state index contributed by atoms with van der Waals surface area (Å²) in [5, 5.41) is 0.494. The summed E-state index contributed by atoms with van der Waals surface area (Å²) in [5.41, 5.74) is 1.50. The zero-order chi connectivity index (χ0) is 20.8. The smallest absolute Gasteiger partial charge is 0.289 e. The number of amides is 1. The van der Waals surface area contributed by atoms with Crippen LogP contribution < -0.4 is 10.2 Å². The first-order valence-corrected chi connectivity index (χ1v) is 10.2. The molecular weight excluding hydrogens is 380 g/mol. The highest BCUT2D eigenvalue weighted by atomic mass is 16.5. The van der Waals surface area contributed by atoms with E-state index in [1.807, 2.05) is 17.0 Å². The van der Waals surface area contributed by atoms with Gasteiger partial charge < -0.3 is 14.1 Å². The van der Waals surface area contributed by atoms with Crippen molar-refractivity contribution in [3.63, 3.8) is 0 Å². The molecule has 3 aromatic rings. The van der Waals surface area contributed by atoms with Gasteiger partial charge in [0.15, 0.2) is 11.2 Å². The van der Waals surface area contributed by atoms with Gasteiger partial charge in [-0.05, 0) is 42.8 Å². The van der Waals surface area contributed by atoms with Crippen LogP contribution in [0.3, 0.4) is 0 Å². The minimum atomic E-state index is -0.205. The van der Waals surface area contributed by atoms with Gasteiger partial charge in [-0.25, -0.2) is 0 Å². The summed E-state index contributed by atoms with van der Waals surface area (Å²) < 4.78 is 11.1. The molecule has 3 atom stereocenters. The van der Waals surface area contributed by atoms with Crippen molar-refractivity contribution in [2.24, 2.45) is 11.8 Å². The molecule has 2 fully saturated rings. The van der Waals surface area contributed by atoms with Crippen molar-refractivity contribution >= 4 is 16.9 Å². The van der Waals surface area contributed by atoms with Gasteiger partial charge in [-0.15, -0.1) is 0 Å². The van der Waals surface area contributed by atoms with Gasteiger partial charge in [-0.3, -0.25) is 14.5 Å². The van der Waals surface area contributed by atoms with Crippen molar-refractivity contribution < 1.29 is 13.9 Å². The molecule has 0 N–H and O–H groups in total. The maximum Gasteiger partial charge on any atom is 0.289 e. The highest BCUT2D eigenvalue weighted by Gasteiger charge is 2.47. The Morgan fingerprint density at radius 1 is 1.07 bits per heavy atom. The van der Waals surface area contributed by atoms with E-state index in [0.29, 0.717) is 35.9 Å². The van der Waals surface area contributed by atoms with Gasteiger partial charge in [0, 0.05) is 37.7 Å². The van der Waals surface area contributed by atoms with E-state index in [1.165, 1.54) is 11.6 Å². The Labute approximate surface area is 174 Å². The monoisotopic (exact) mass is 404 g/mol. The zero-order valence-electron chi connectivity index (χ0n) is 17.1. The first-order valence-electron chi connectivity index (χ1n) is 10.2. The Morgan fingerprint density at radius 2 is 1.83 bits per heavy atom. The molecule has 2 aromatic carbocycles. The molecular formula is C24H24N2O4. The lowest BCUT2D eigenvalue weighted by Gasteiger charge is -2.26. The minimum Gasteiger partial charge on any atom is -0.497 e. The molecule has 0 radical (unpaired) electrons. The Kier molecular flexibility index (Phi) is 4.59. The summed E-state index contributed by atoms with van der Waals surface area (Å²) >= 11 is 0. The van der Waals surface area contributed by atoms with Crippen molar-refractivity contribution in [2.45, 2.75) is 6.04 Å². The number of fused-ring (bicyclic) bond motifs is 2. The van der Waals surface area contributed by atoms with Crippen LogP contribution in [0, 0.1) is 11.8 Å². The fraction of sp³-hybridized carbons (Fsp3) is 0.333. The molecule has 2 aliphatic rings. The van der Waals surface area contributed by atoms with Gasteiger partial charge in [0.05, 0.1) is 12.5 Å². The normalized spacial score (nSPS) is 23.7. The van der Waals surface area contributed by atoms with Gasteiger partial charge in [0.2, 0.25) is 0 Å². The number of para-hydroxylation sites is 1. The molecule has 5 rings (SSSR count). The van der Waals surface area contributed by atoms with Crippen molar-refractivity contribution in [3.05, 3.63) is 76.1 Å². The minimum absolute atomic E-state index is 0.119. The van der Waals surface area contributed by atoms with Crippen molar-refractivity contribution in [2.75, 3.05) is 33.8 Å². The molecule has 0 spiro atoms. The average Bonchev–Trinajstić information content (AvgIpc) is 3.30. The van der Waals surface area contributed by atoms with Crippen molar-refractivity contribution in [3.8, 4) is 5.75 Å². The summed E-state index contributed by atoms with van der Waals surface area (Å²) in [6.07, 6.45) is 0. The van der Waals surface area contributed by atoms with Crippen LogP contribution in [-0.2, 0) is 0 Å². The summed E-state index contributed by atoms with van der Waals surface area (Å²) in [7, 11) is 3.81. The van der Waals surface area contributed by atoms with Crippen LogP contribution in [0.1, 0.15) is 22.2 Å². The lowest BCUT2D eigenvalue weighted by molar-refractivity contribution is 0.0737. The fourth-order valence-electron chi connectivity index (χ4n) is 5.09. The summed E-state index contributed by atoms with van der Waals surface area (Å²) in [5.74, 6) is 1.50. The number of hydrogen-bond donors (Lipinski definition) is 0. The highest BCUT2D eigenvalue weighted by Crippen LogP contribution is 2.44. The number of carbonyl (C=O) groups excluding carboxylic acids is 1. The van der Waals surface area contributed by atoms with Gasteiger partial charge in [-0.1, -0.05) is 24.3 Å². The van der Waals surface area contributed by atoms with E-state index in [2.05, 4.69) is 24.1 Å². The maximum absolute atomic E-state index is 13.1. The molecule has 154 valence electrons. The van der Waals surface area contributed by atoms with Crippen LogP contribution in [-0.4, -0.2) is 49.5 Å². The molecule has 2 aliphatic heterocycles. The topological polar surface area (TPSA) is 63.0 Å². The van der Waals surface area contributed by atoms with Crippen LogP contribution in [0.15, 0.2) is 63.8 Å². The summed E-state index contributed by atoms with van der Waals surface area (Å²) in [6, 6.07) is 16.8. The molecule has 6 heteroatoms. The molecule has 6 nitrogen and oxygen atoms in total. The SMILES string of the molecule is COc1ccc([C@H]2[C@@H]3CN(C(=O)c4cc(=O)c5ccccc5o4)C[C@@H]3CN2C)cc1. The number of rotatable bonds is 3. The highest BCUT2D eigenvalue weighted by molar-refractivity contribution is 5.93. The quantitative estimate of drug-likeness (QED) is 0.671. The molecule has 0 saturated carbocycles. The predicted molar refractivity (Wildman–Crippen MR) is 114 cm³/mol. The maximum atomic E-state index is 13.1. The van der Waals surface area contributed by atoms with Crippen LogP contribution in [0.4, 0.5) is 0 Å². The number of methoxy groups -OCH3 is 1. The Balaban J connectivity index is 1.39. The third-order valence-electron chi connectivity index (χ3n) is 6.48. The molecule has 1 amide bonds. The molecule has 0 bridgehead atoms. The van der Waals surface area contributed by atoms with Gasteiger partial charge in [0.25, 0.3) is 5.91 Å². The fourth-order valence-corrected chi connectivity index (χ4v) is 5.09. The Bertz CT molecular complexity index is 1150. The second-order valence-electron chi connectivity index (χ2n) is 8.26. The van der Waals surface area contributed by atoms with E-state index < -0.39 is 0 Å².